The first-order valence-electron chi connectivity index (χ1n) is 4.64. The van der Waals surface area contributed by atoms with E-state index in [1.165, 1.54) is 0 Å². The van der Waals surface area contributed by atoms with Gasteiger partial charge in [0.2, 0.25) is 0 Å². The molecule has 0 amide bonds. The van der Waals surface area contributed by atoms with Gasteiger partial charge in [-0.15, -0.1) is 0 Å². The molecule has 14 heavy (non-hydrogen) atoms. The van der Waals surface area contributed by atoms with Crippen LogP contribution in [0.2, 0.25) is 0 Å². The summed E-state index contributed by atoms with van der Waals surface area (Å²) in [4.78, 5) is 23.2. The Labute approximate surface area is 97.0 Å². The van der Waals surface area contributed by atoms with Crippen molar-refractivity contribution in [2.75, 3.05) is 6.61 Å². The molecule has 0 aromatic rings. The lowest BCUT2D eigenvalue weighted by molar-refractivity contribution is -0.152. The maximum Gasteiger partial charge on any atom is 0.317 e. The van der Waals surface area contributed by atoms with Gasteiger partial charge in [0.05, 0.1) is 10.2 Å². The van der Waals surface area contributed by atoms with Crippen LogP contribution in [0.15, 0.2) is 9.66 Å². The fourth-order valence-electron chi connectivity index (χ4n) is 1.50. The second kappa shape index (κ2) is 4.91. The molecule has 0 N–H and O–H groups in total. The average Bonchev–Trinajstić information content (AvgIpc) is 2.13. The van der Waals surface area contributed by atoms with Crippen molar-refractivity contribution in [2.24, 2.45) is 11.8 Å². The molecule has 4 heteroatoms. The summed E-state index contributed by atoms with van der Waals surface area (Å²) >= 11 is 1.97. The third-order valence-electron chi connectivity index (χ3n) is 2.30. The van der Waals surface area contributed by atoms with Crippen LogP contribution in [0.4, 0.5) is 0 Å². The van der Waals surface area contributed by atoms with Gasteiger partial charge in [-0.25, -0.2) is 0 Å². The van der Waals surface area contributed by atoms with Crippen LogP contribution >= 0.6 is 22.6 Å². The van der Waals surface area contributed by atoms with E-state index in [0.29, 0.717) is 10.2 Å². The number of hydrogen-bond acceptors (Lipinski definition) is 3. The first-order chi connectivity index (χ1) is 6.57. The molecule has 0 fully saturated rings. The van der Waals surface area contributed by atoms with Crippen molar-refractivity contribution < 1.29 is 14.3 Å². The summed E-state index contributed by atoms with van der Waals surface area (Å²) in [5.41, 5.74) is 0. The Bertz CT molecular complexity index is 283. The normalized spacial score (nSPS) is 27.1. The summed E-state index contributed by atoms with van der Waals surface area (Å²) < 4.78 is 5.53. The van der Waals surface area contributed by atoms with Crippen molar-refractivity contribution in [1.29, 1.82) is 0 Å². The van der Waals surface area contributed by atoms with Crippen molar-refractivity contribution in [3.8, 4) is 0 Å². The number of allylic oxidation sites excluding steroid dienone is 2. The molecule has 0 aromatic heterocycles. The number of Topliss-reactive ketones (excluding diaryl/α,β-unsaturated/α-hetero) is 1. The highest BCUT2D eigenvalue weighted by Gasteiger charge is 2.36. The Kier molecular flexibility index (Phi) is 4.10. The third-order valence-corrected chi connectivity index (χ3v) is 3.27. The van der Waals surface area contributed by atoms with E-state index in [-0.39, 0.29) is 17.7 Å². The van der Waals surface area contributed by atoms with Crippen molar-refractivity contribution >= 4 is 34.3 Å². The summed E-state index contributed by atoms with van der Waals surface area (Å²) in [5, 5.41) is 0. The number of esters is 1. The molecule has 0 spiro atoms. The number of hydrogen-bond donors (Lipinski definition) is 0. The quantitative estimate of drug-likeness (QED) is 0.446. The van der Waals surface area contributed by atoms with Crippen LogP contribution in [-0.2, 0) is 14.3 Å². The van der Waals surface area contributed by atoms with Crippen LogP contribution in [0, 0.1) is 11.8 Å². The van der Waals surface area contributed by atoms with Crippen LogP contribution in [0.3, 0.4) is 0 Å². The lowest BCUT2D eigenvalue weighted by Crippen LogP contribution is -2.34. The fourth-order valence-corrected chi connectivity index (χ4v) is 2.09. The molecule has 0 radical (unpaired) electrons. The summed E-state index contributed by atoms with van der Waals surface area (Å²) in [6.07, 6.45) is 2.65. The van der Waals surface area contributed by atoms with Crippen LogP contribution in [0.5, 0.6) is 0 Å². The maximum absolute atomic E-state index is 11.7. The Balaban J connectivity index is 2.81. The molecular weight excluding hydrogens is 295 g/mol. The largest absolute Gasteiger partial charge is 0.465 e. The summed E-state index contributed by atoms with van der Waals surface area (Å²) in [7, 11) is 0. The second-order valence-corrected chi connectivity index (χ2v) is 4.52. The van der Waals surface area contributed by atoms with E-state index in [1.807, 2.05) is 35.6 Å². The van der Waals surface area contributed by atoms with E-state index < -0.39 is 5.92 Å². The van der Waals surface area contributed by atoms with Crippen molar-refractivity contribution in [3.63, 3.8) is 0 Å². The molecule has 1 aliphatic rings. The van der Waals surface area contributed by atoms with Gasteiger partial charge in [-0.3, -0.25) is 9.59 Å². The number of carbonyl (C=O) groups excluding carboxylic acids is 2. The summed E-state index contributed by atoms with van der Waals surface area (Å²) in [5.74, 6) is -1.01. The van der Waals surface area contributed by atoms with E-state index in [2.05, 4.69) is 0 Å². The zero-order valence-corrected chi connectivity index (χ0v) is 10.4. The number of ether oxygens (including phenoxy) is 1. The summed E-state index contributed by atoms with van der Waals surface area (Å²) in [6.45, 7) is 3.98. The summed E-state index contributed by atoms with van der Waals surface area (Å²) in [6, 6.07) is 0. The lowest BCUT2D eigenvalue weighted by Gasteiger charge is -2.23. The SMILES string of the molecule is CCOC(=O)[C@H]1C(=O)C(I)=CC[C@H]1C. The van der Waals surface area contributed by atoms with Crippen molar-refractivity contribution in [1.82, 2.24) is 0 Å². The molecule has 1 aliphatic carbocycles. The molecule has 0 aromatic carbocycles. The number of carbonyl (C=O) groups is 2. The number of rotatable bonds is 2. The Morgan fingerprint density at radius 1 is 1.71 bits per heavy atom. The highest BCUT2D eigenvalue weighted by molar-refractivity contribution is 14.1. The molecule has 0 heterocycles. The highest BCUT2D eigenvalue weighted by Crippen LogP contribution is 2.30. The van der Waals surface area contributed by atoms with Crippen LogP contribution in [0.1, 0.15) is 20.3 Å². The lowest BCUT2D eigenvalue weighted by atomic mass is 9.83. The van der Waals surface area contributed by atoms with Gasteiger partial charge in [-0.2, -0.15) is 0 Å². The number of halogens is 1. The van der Waals surface area contributed by atoms with Gasteiger partial charge in [0.25, 0.3) is 0 Å². The first-order valence-corrected chi connectivity index (χ1v) is 5.72. The molecule has 1 rings (SSSR count). The third kappa shape index (κ3) is 2.34. The van der Waals surface area contributed by atoms with Gasteiger partial charge in [-0.05, 0) is 41.9 Å². The van der Waals surface area contributed by atoms with Gasteiger partial charge < -0.3 is 4.74 Å². The Hall–Kier alpha value is -0.390. The standard InChI is InChI=1S/C10H13IO3/c1-3-14-10(13)8-6(2)4-5-7(11)9(8)12/h5-6,8H,3-4H2,1-2H3/t6-,8-/m1/s1. The fraction of sp³-hybridized carbons (Fsp3) is 0.600. The van der Waals surface area contributed by atoms with E-state index in [4.69, 9.17) is 4.74 Å². The molecule has 2 atom stereocenters. The smallest absolute Gasteiger partial charge is 0.317 e. The first kappa shape index (κ1) is 11.7. The van der Waals surface area contributed by atoms with Crippen LogP contribution < -0.4 is 0 Å². The molecule has 0 saturated heterocycles. The van der Waals surface area contributed by atoms with Gasteiger partial charge in [0.1, 0.15) is 5.92 Å². The Morgan fingerprint density at radius 3 is 2.93 bits per heavy atom. The Morgan fingerprint density at radius 2 is 2.36 bits per heavy atom. The molecular formula is C10H13IO3. The van der Waals surface area contributed by atoms with Gasteiger partial charge in [0, 0.05) is 0 Å². The van der Waals surface area contributed by atoms with Gasteiger partial charge in [-0.1, -0.05) is 13.0 Å². The molecule has 0 aliphatic heterocycles. The zero-order chi connectivity index (χ0) is 10.7. The van der Waals surface area contributed by atoms with E-state index in [0.717, 1.165) is 6.42 Å². The van der Waals surface area contributed by atoms with Crippen molar-refractivity contribution in [3.05, 3.63) is 9.66 Å². The highest BCUT2D eigenvalue weighted by atomic mass is 127. The minimum absolute atomic E-state index is 0.0556. The van der Waals surface area contributed by atoms with E-state index in [9.17, 15) is 9.59 Å². The minimum Gasteiger partial charge on any atom is -0.465 e. The number of ketones is 1. The second-order valence-electron chi connectivity index (χ2n) is 3.36. The van der Waals surface area contributed by atoms with Gasteiger partial charge >= 0.3 is 5.97 Å². The molecule has 3 nitrogen and oxygen atoms in total. The van der Waals surface area contributed by atoms with Crippen LogP contribution in [0.25, 0.3) is 0 Å². The molecule has 0 unspecified atom stereocenters. The molecule has 0 saturated carbocycles. The molecule has 0 bridgehead atoms. The maximum atomic E-state index is 11.7. The topological polar surface area (TPSA) is 43.4 Å². The average molecular weight is 308 g/mol. The van der Waals surface area contributed by atoms with E-state index in [1.54, 1.807) is 6.92 Å². The minimum atomic E-state index is -0.591. The van der Waals surface area contributed by atoms with E-state index >= 15 is 0 Å². The monoisotopic (exact) mass is 308 g/mol. The zero-order valence-electron chi connectivity index (χ0n) is 8.25. The van der Waals surface area contributed by atoms with Gasteiger partial charge in [0.15, 0.2) is 5.78 Å². The van der Waals surface area contributed by atoms with Crippen LogP contribution in [-0.4, -0.2) is 18.4 Å². The van der Waals surface area contributed by atoms with Crippen molar-refractivity contribution in [2.45, 2.75) is 20.3 Å². The predicted molar refractivity (Wildman–Crippen MR) is 61.0 cm³/mol. The predicted octanol–water partition coefficient (Wildman–Crippen LogP) is 2.09. The molecule has 78 valence electrons.